The van der Waals surface area contributed by atoms with Crippen LogP contribution in [0, 0.1) is 0 Å². The maximum Gasteiger partial charge on any atom is 0.408 e. The molecule has 8 nitrogen and oxygen atoms in total. The van der Waals surface area contributed by atoms with Crippen molar-refractivity contribution < 1.29 is 19.4 Å². The van der Waals surface area contributed by atoms with Crippen molar-refractivity contribution in [3.63, 3.8) is 0 Å². The highest BCUT2D eigenvalue weighted by molar-refractivity contribution is 5.87. The molecular formula is C15H18N4O4. The van der Waals surface area contributed by atoms with Crippen LogP contribution in [0.4, 0.5) is 4.79 Å². The second kappa shape index (κ2) is 6.25. The highest BCUT2D eigenvalue weighted by Crippen LogP contribution is 2.18. The first kappa shape index (κ1) is 15.3. The number of ether oxygens (including phenoxy) is 1. The van der Waals surface area contributed by atoms with Crippen molar-refractivity contribution in [2.75, 3.05) is 26.8 Å². The molecule has 2 aromatic rings. The molecule has 1 saturated heterocycles. The van der Waals surface area contributed by atoms with Gasteiger partial charge < -0.3 is 19.7 Å². The molecule has 1 aliphatic heterocycles. The molecule has 1 fully saturated rings. The SMILES string of the molecule is COCC1C(=O)N(Cc2cc3cnccc3[nH]2)CCN1C(=O)O. The van der Waals surface area contributed by atoms with Crippen molar-refractivity contribution in [2.24, 2.45) is 0 Å². The van der Waals surface area contributed by atoms with E-state index < -0.39 is 12.1 Å². The minimum atomic E-state index is -1.10. The lowest BCUT2D eigenvalue weighted by atomic mass is 10.1. The standard InChI is InChI=1S/C15H18N4O4/c1-23-9-13-14(20)18(4-5-19(13)15(21)22)8-11-6-10-7-16-3-2-12(10)17-11/h2-3,6-7,13,17H,4-5,8-9H2,1H3,(H,21,22). The van der Waals surface area contributed by atoms with Gasteiger partial charge in [0, 0.05) is 49.2 Å². The number of hydrogen-bond acceptors (Lipinski definition) is 4. The van der Waals surface area contributed by atoms with E-state index in [1.165, 1.54) is 7.11 Å². The molecule has 0 radical (unpaired) electrons. The topological polar surface area (TPSA) is 98.8 Å². The summed E-state index contributed by atoms with van der Waals surface area (Å²) in [5.74, 6) is -0.239. The maximum atomic E-state index is 12.6. The van der Waals surface area contributed by atoms with Crippen LogP contribution in [-0.2, 0) is 16.1 Å². The summed E-state index contributed by atoms with van der Waals surface area (Å²) in [6.07, 6.45) is 2.36. The molecule has 2 N–H and O–H groups in total. The Bertz CT molecular complexity index is 696. The Morgan fingerprint density at radius 2 is 2.35 bits per heavy atom. The largest absolute Gasteiger partial charge is 0.465 e. The molecule has 0 bridgehead atoms. The summed E-state index contributed by atoms with van der Waals surface area (Å²) in [4.78, 5) is 33.9. The van der Waals surface area contributed by atoms with Gasteiger partial charge in [-0.3, -0.25) is 14.7 Å². The van der Waals surface area contributed by atoms with Crippen molar-refractivity contribution in [3.8, 4) is 0 Å². The third-order valence-electron chi connectivity index (χ3n) is 3.99. The number of methoxy groups -OCH3 is 1. The fourth-order valence-corrected chi connectivity index (χ4v) is 2.87. The van der Waals surface area contributed by atoms with E-state index in [1.807, 2.05) is 12.1 Å². The third kappa shape index (κ3) is 2.98. The normalized spacial score (nSPS) is 18.7. The van der Waals surface area contributed by atoms with Crippen molar-refractivity contribution in [1.29, 1.82) is 0 Å². The lowest BCUT2D eigenvalue weighted by Gasteiger charge is -2.38. The second-order valence-electron chi connectivity index (χ2n) is 5.46. The number of rotatable bonds is 4. The van der Waals surface area contributed by atoms with Gasteiger partial charge in [0.25, 0.3) is 0 Å². The molecular weight excluding hydrogens is 300 g/mol. The highest BCUT2D eigenvalue weighted by atomic mass is 16.5. The van der Waals surface area contributed by atoms with Crippen molar-refractivity contribution >= 4 is 22.9 Å². The van der Waals surface area contributed by atoms with Gasteiger partial charge in [-0.2, -0.15) is 0 Å². The summed E-state index contributed by atoms with van der Waals surface area (Å²) in [7, 11) is 1.46. The lowest BCUT2D eigenvalue weighted by Crippen LogP contribution is -2.59. The average molecular weight is 318 g/mol. The second-order valence-corrected chi connectivity index (χ2v) is 5.46. The Morgan fingerprint density at radius 1 is 1.52 bits per heavy atom. The molecule has 1 atom stereocenters. The number of pyridine rings is 1. The smallest absolute Gasteiger partial charge is 0.408 e. The Kier molecular flexibility index (Phi) is 4.16. The predicted octanol–water partition coefficient (Wildman–Crippen LogP) is 0.900. The Hall–Kier alpha value is -2.61. The van der Waals surface area contributed by atoms with Gasteiger partial charge >= 0.3 is 6.09 Å². The van der Waals surface area contributed by atoms with Crippen LogP contribution in [0.1, 0.15) is 5.69 Å². The zero-order valence-electron chi connectivity index (χ0n) is 12.7. The fourth-order valence-electron chi connectivity index (χ4n) is 2.87. The molecule has 0 spiro atoms. The Balaban J connectivity index is 1.77. The van der Waals surface area contributed by atoms with E-state index in [-0.39, 0.29) is 19.1 Å². The number of aromatic amines is 1. The number of carbonyl (C=O) groups is 2. The molecule has 3 rings (SSSR count). The van der Waals surface area contributed by atoms with E-state index in [9.17, 15) is 14.7 Å². The van der Waals surface area contributed by atoms with Crippen LogP contribution in [0.25, 0.3) is 10.9 Å². The van der Waals surface area contributed by atoms with Gasteiger partial charge in [0.2, 0.25) is 5.91 Å². The predicted molar refractivity (Wildman–Crippen MR) is 81.9 cm³/mol. The molecule has 0 saturated carbocycles. The van der Waals surface area contributed by atoms with E-state index in [2.05, 4.69) is 9.97 Å². The highest BCUT2D eigenvalue weighted by Gasteiger charge is 2.37. The summed E-state index contributed by atoms with van der Waals surface area (Å²) < 4.78 is 5.01. The number of nitrogens with one attached hydrogen (secondary N) is 1. The number of hydrogen-bond donors (Lipinski definition) is 2. The molecule has 3 heterocycles. The Labute approximate surface area is 132 Å². The molecule has 2 aromatic heterocycles. The van der Waals surface area contributed by atoms with Crippen LogP contribution in [0.15, 0.2) is 24.5 Å². The van der Waals surface area contributed by atoms with Crippen LogP contribution in [0.5, 0.6) is 0 Å². The summed E-state index contributed by atoms with van der Waals surface area (Å²) in [5.41, 5.74) is 1.85. The molecule has 2 amide bonds. The van der Waals surface area contributed by atoms with Crippen LogP contribution in [0.2, 0.25) is 0 Å². The zero-order chi connectivity index (χ0) is 16.4. The molecule has 1 aliphatic rings. The number of aromatic nitrogens is 2. The van der Waals surface area contributed by atoms with E-state index in [0.717, 1.165) is 21.5 Å². The number of amides is 2. The monoisotopic (exact) mass is 318 g/mol. The minimum Gasteiger partial charge on any atom is -0.465 e. The van der Waals surface area contributed by atoms with Crippen molar-refractivity contribution in [2.45, 2.75) is 12.6 Å². The molecule has 0 aliphatic carbocycles. The summed E-state index contributed by atoms with van der Waals surface area (Å²) in [5, 5.41) is 10.2. The minimum absolute atomic E-state index is 0.0538. The van der Waals surface area contributed by atoms with Crippen molar-refractivity contribution in [1.82, 2.24) is 19.8 Å². The van der Waals surface area contributed by atoms with Gasteiger partial charge in [-0.15, -0.1) is 0 Å². The number of carboxylic acid groups (broad SMARTS) is 1. The van der Waals surface area contributed by atoms with Crippen LogP contribution in [-0.4, -0.2) is 69.7 Å². The van der Waals surface area contributed by atoms with E-state index in [0.29, 0.717) is 13.1 Å². The van der Waals surface area contributed by atoms with Crippen LogP contribution < -0.4 is 0 Å². The number of piperazine rings is 1. The van der Waals surface area contributed by atoms with E-state index in [1.54, 1.807) is 17.3 Å². The number of fused-ring (bicyclic) bond motifs is 1. The van der Waals surface area contributed by atoms with E-state index >= 15 is 0 Å². The summed E-state index contributed by atoms with van der Waals surface area (Å²) >= 11 is 0. The van der Waals surface area contributed by atoms with Gasteiger partial charge in [0.15, 0.2) is 0 Å². The van der Waals surface area contributed by atoms with Gasteiger partial charge in [-0.1, -0.05) is 0 Å². The third-order valence-corrected chi connectivity index (χ3v) is 3.99. The van der Waals surface area contributed by atoms with Gasteiger partial charge in [0.05, 0.1) is 13.2 Å². The molecule has 8 heteroatoms. The molecule has 0 aromatic carbocycles. The molecule has 1 unspecified atom stereocenters. The average Bonchev–Trinajstić information content (AvgIpc) is 2.93. The van der Waals surface area contributed by atoms with Gasteiger partial charge in [0.1, 0.15) is 6.04 Å². The summed E-state index contributed by atoms with van der Waals surface area (Å²) in [6.45, 7) is 1.09. The van der Waals surface area contributed by atoms with Crippen LogP contribution in [0.3, 0.4) is 0 Å². The quantitative estimate of drug-likeness (QED) is 0.872. The first-order valence-corrected chi connectivity index (χ1v) is 7.29. The van der Waals surface area contributed by atoms with E-state index in [4.69, 9.17) is 4.74 Å². The number of nitrogens with zero attached hydrogens (tertiary/aromatic N) is 3. The molecule has 122 valence electrons. The van der Waals surface area contributed by atoms with Crippen molar-refractivity contribution in [3.05, 3.63) is 30.2 Å². The van der Waals surface area contributed by atoms with Crippen LogP contribution >= 0.6 is 0 Å². The zero-order valence-corrected chi connectivity index (χ0v) is 12.7. The fraction of sp³-hybridized carbons (Fsp3) is 0.400. The number of carbonyl (C=O) groups excluding carboxylic acids is 1. The molecule has 23 heavy (non-hydrogen) atoms. The summed E-state index contributed by atoms with van der Waals surface area (Å²) in [6, 6.07) is 3.03. The maximum absolute atomic E-state index is 12.6. The Morgan fingerprint density at radius 3 is 3.04 bits per heavy atom. The van der Waals surface area contributed by atoms with Gasteiger partial charge in [-0.05, 0) is 12.1 Å². The number of H-pyrrole nitrogens is 1. The lowest BCUT2D eigenvalue weighted by molar-refractivity contribution is -0.143. The first-order valence-electron chi connectivity index (χ1n) is 7.29. The van der Waals surface area contributed by atoms with Gasteiger partial charge in [-0.25, -0.2) is 4.79 Å². The first-order chi connectivity index (χ1) is 11.1.